The molecule has 0 radical (unpaired) electrons. The zero-order valence-corrected chi connectivity index (χ0v) is 11.2. The Bertz CT molecular complexity index is 894. The molecule has 0 amide bonds. The van der Waals surface area contributed by atoms with Gasteiger partial charge in [0.1, 0.15) is 0 Å². The Balaban J connectivity index is 2.26. The van der Waals surface area contributed by atoms with Crippen LogP contribution < -0.4 is 11.1 Å². The zero-order valence-electron chi connectivity index (χ0n) is 10.4. The van der Waals surface area contributed by atoms with Gasteiger partial charge in [-0.25, -0.2) is 4.68 Å². The smallest absolute Gasteiger partial charge is 0.266 e. The molecule has 2 heterocycles. The third kappa shape index (κ3) is 1.83. The van der Waals surface area contributed by atoms with Gasteiger partial charge in [-0.05, 0) is 18.6 Å². The van der Waals surface area contributed by atoms with Crippen molar-refractivity contribution in [2.75, 3.05) is 0 Å². The molecule has 2 N–H and O–H groups in total. The summed E-state index contributed by atoms with van der Waals surface area (Å²) in [6.07, 6.45) is 0. The normalized spacial score (nSPS) is 12.7. The summed E-state index contributed by atoms with van der Waals surface area (Å²) in [5.74, 6) is 0. The van der Waals surface area contributed by atoms with Gasteiger partial charge >= 0.3 is 0 Å². The fourth-order valence-corrected chi connectivity index (χ4v) is 2.40. The van der Waals surface area contributed by atoms with Crippen molar-refractivity contribution in [3.8, 4) is 0 Å². The van der Waals surface area contributed by atoms with Crippen molar-refractivity contribution < 1.29 is 0 Å². The van der Waals surface area contributed by atoms with Crippen molar-refractivity contribution in [2.24, 2.45) is 0 Å². The molecule has 7 nitrogen and oxygen atoms in total. The summed E-state index contributed by atoms with van der Waals surface area (Å²) in [7, 11) is 0. The maximum Gasteiger partial charge on any atom is 0.292 e. The molecule has 0 saturated heterocycles. The third-order valence-electron chi connectivity index (χ3n) is 3.14. The quantitative estimate of drug-likeness (QED) is 0.738. The topological polar surface area (TPSA) is 96.4 Å². The van der Waals surface area contributed by atoms with Crippen LogP contribution in [0.1, 0.15) is 18.5 Å². The maximum absolute atomic E-state index is 11.9. The molecule has 0 aliphatic carbocycles. The molecule has 102 valence electrons. The van der Waals surface area contributed by atoms with Gasteiger partial charge < -0.3 is 0 Å². The molecule has 0 spiro atoms. The molecule has 20 heavy (non-hydrogen) atoms. The first-order valence-electron chi connectivity index (χ1n) is 5.90. The van der Waals surface area contributed by atoms with E-state index in [9.17, 15) is 9.59 Å². The van der Waals surface area contributed by atoms with Crippen LogP contribution in [0.15, 0.2) is 33.9 Å². The minimum atomic E-state index is -0.489. The number of rotatable bonds is 2. The predicted octanol–water partition coefficient (Wildman–Crippen LogP) is 1.07. The Morgan fingerprint density at radius 3 is 2.65 bits per heavy atom. The number of aromatic nitrogens is 5. The van der Waals surface area contributed by atoms with Crippen LogP contribution in [-0.2, 0) is 0 Å². The Labute approximate surface area is 117 Å². The summed E-state index contributed by atoms with van der Waals surface area (Å²) in [6.45, 7) is 1.83. The minimum absolute atomic E-state index is 0.00709. The van der Waals surface area contributed by atoms with E-state index in [-0.39, 0.29) is 17.1 Å². The van der Waals surface area contributed by atoms with Crippen molar-refractivity contribution in [1.82, 2.24) is 25.2 Å². The van der Waals surface area contributed by atoms with Crippen LogP contribution in [0.5, 0.6) is 0 Å². The van der Waals surface area contributed by atoms with E-state index in [4.69, 9.17) is 11.6 Å². The Hall–Kier alpha value is -2.41. The van der Waals surface area contributed by atoms with Gasteiger partial charge in [-0.2, -0.15) is 0 Å². The molecule has 0 aliphatic heterocycles. The predicted molar refractivity (Wildman–Crippen MR) is 74.0 cm³/mol. The Morgan fingerprint density at radius 1 is 1.20 bits per heavy atom. The van der Waals surface area contributed by atoms with Crippen molar-refractivity contribution in [3.05, 3.63) is 55.6 Å². The molecule has 2 aromatic heterocycles. The van der Waals surface area contributed by atoms with E-state index in [1.165, 1.54) is 4.68 Å². The largest absolute Gasteiger partial charge is 0.292 e. The van der Waals surface area contributed by atoms with Gasteiger partial charge in [0, 0.05) is 5.02 Å². The van der Waals surface area contributed by atoms with Gasteiger partial charge in [0.2, 0.25) is 0 Å². The highest BCUT2D eigenvalue weighted by Gasteiger charge is 2.19. The number of hydrogen-bond acceptors (Lipinski definition) is 4. The highest BCUT2D eigenvalue weighted by atomic mass is 35.5. The van der Waals surface area contributed by atoms with Crippen LogP contribution >= 0.6 is 11.6 Å². The van der Waals surface area contributed by atoms with Crippen LogP contribution in [0.4, 0.5) is 0 Å². The minimum Gasteiger partial charge on any atom is -0.266 e. The third-order valence-corrected chi connectivity index (χ3v) is 3.48. The average Bonchev–Trinajstić information content (AvgIpc) is 2.89. The van der Waals surface area contributed by atoms with Crippen LogP contribution in [0.2, 0.25) is 5.02 Å². The number of halogens is 1. The lowest BCUT2D eigenvalue weighted by molar-refractivity contribution is 0.558. The van der Waals surface area contributed by atoms with Crippen LogP contribution in [0.25, 0.3) is 11.0 Å². The van der Waals surface area contributed by atoms with Crippen LogP contribution in [0, 0.1) is 0 Å². The molecule has 0 bridgehead atoms. The molecule has 3 aromatic rings. The average molecular weight is 292 g/mol. The second-order valence-corrected chi connectivity index (χ2v) is 4.74. The lowest BCUT2D eigenvalue weighted by Crippen LogP contribution is -2.22. The number of aromatic amines is 2. The molecule has 3 rings (SSSR count). The fraction of sp³-hybridized carbons (Fsp3) is 0.167. The number of hydrogen-bond donors (Lipinski definition) is 2. The van der Waals surface area contributed by atoms with Gasteiger partial charge in [-0.3, -0.25) is 19.8 Å². The van der Waals surface area contributed by atoms with Gasteiger partial charge in [-0.15, -0.1) is 5.10 Å². The summed E-state index contributed by atoms with van der Waals surface area (Å²) < 4.78 is 1.39. The van der Waals surface area contributed by atoms with Crippen molar-refractivity contribution in [2.45, 2.75) is 13.0 Å². The molecule has 8 heteroatoms. The summed E-state index contributed by atoms with van der Waals surface area (Å²) in [6, 6.07) is 6.92. The van der Waals surface area contributed by atoms with E-state index >= 15 is 0 Å². The summed E-state index contributed by atoms with van der Waals surface area (Å²) in [5, 5.41) is 12.7. The lowest BCUT2D eigenvalue weighted by atomic mass is 10.1. The van der Waals surface area contributed by atoms with E-state index in [1.807, 2.05) is 25.1 Å². The highest BCUT2D eigenvalue weighted by Crippen LogP contribution is 2.25. The van der Waals surface area contributed by atoms with E-state index in [1.54, 1.807) is 6.07 Å². The monoisotopic (exact) mass is 291 g/mol. The molecule has 0 aliphatic rings. The number of nitrogens with one attached hydrogen (secondary N) is 2. The molecule has 0 saturated carbocycles. The van der Waals surface area contributed by atoms with Crippen LogP contribution in [-0.4, -0.2) is 25.2 Å². The second kappa shape index (κ2) is 4.61. The SMILES string of the molecule is C[C@@H](c1ccccc1Cl)n1nnc2c(=O)[nH][nH]c(=O)c21. The summed E-state index contributed by atoms with van der Waals surface area (Å²) in [4.78, 5) is 23.5. The standard InChI is InChI=1S/C12H10ClN5O2/c1-6(7-4-2-3-5-8(7)13)18-10-9(14-17-18)11(19)15-16-12(10)20/h2-6H,1H3,(H,15,19)(H,16,20)/t6-/m0/s1. The van der Waals surface area contributed by atoms with E-state index in [2.05, 4.69) is 20.5 Å². The first-order valence-corrected chi connectivity index (χ1v) is 6.27. The lowest BCUT2D eigenvalue weighted by Gasteiger charge is -2.13. The van der Waals surface area contributed by atoms with Crippen molar-refractivity contribution in [3.63, 3.8) is 0 Å². The van der Waals surface area contributed by atoms with Gasteiger partial charge in [0.25, 0.3) is 11.1 Å². The number of fused-ring (bicyclic) bond motifs is 1. The van der Waals surface area contributed by atoms with Gasteiger partial charge in [-0.1, -0.05) is 35.0 Å². The number of H-pyrrole nitrogens is 2. The first kappa shape index (κ1) is 12.6. The summed E-state index contributed by atoms with van der Waals surface area (Å²) in [5.41, 5.74) is -0.0183. The molecule has 0 unspecified atom stereocenters. The second-order valence-electron chi connectivity index (χ2n) is 4.34. The number of benzene rings is 1. The van der Waals surface area contributed by atoms with E-state index in [0.717, 1.165) is 5.56 Å². The Morgan fingerprint density at radius 2 is 1.90 bits per heavy atom. The zero-order chi connectivity index (χ0) is 14.3. The number of nitrogens with zero attached hydrogens (tertiary/aromatic N) is 3. The molecule has 1 atom stereocenters. The maximum atomic E-state index is 11.9. The van der Waals surface area contributed by atoms with E-state index < -0.39 is 11.1 Å². The van der Waals surface area contributed by atoms with Crippen molar-refractivity contribution >= 4 is 22.6 Å². The van der Waals surface area contributed by atoms with Gasteiger partial charge in [0.15, 0.2) is 11.0 Å². The molecular formula is C12H10ClN5O2. The molecule has 0 fully saturated rings. The van der Waals surface area contributed by atoms with Gasteiger partial charge in [0.05, 0.1) is 6.04 Å². The molecular weight excluding hydrogens is 282 g/mol. The first-order chi connectivity index (χ1) is 9.59. The Kier molecular flexibility index (Phi) is 2.90. The summed E-state index contributed by atoms with van der Waals surface area (Å²) >= 11 is 6.14. The van der Waals surface area contributed by atoms with Crippen LogP contribution in [0.3, 0.4) is 0 Å². The van der Waals surface area contributed by atoms with E-state index in [0.29, 0.717) is 5.02 Å². The highest BCUT2D eigenvalue weighted by molar-refractivity contribution is 6.31. The van der Waals surface area contributed by atoms with Crippen molar-refractivity contribution in [1.29, 1.82) is 0 Å². The fourth-order valence-electron chi connectivity index (χ4n) is 2.11. The molecule has 1 aromatic carbocycles.